The van der Waals surface area contributed by atoms with Crippen LogP contribution in [0.4, 0.5) is 0 Å². The van der Waals surface area contributed by atoms with Gasteiger partial charge in [-0.25, -0.2) is 0 Å². The summed E-state index contributed by atoms with van der Waals surface area (Å²) >= 11 is 3.28. The molecular weight excluding hydrogens is 266 g/mol. The van der Waals surface area contributed by atoms with Crippen LogP contribution in [0.3, 0.4) is 0 Å². The Balaban J connectivity index is 3.52. The Hall–Kier alpha value is -0.170. The van der Waals surface area contributed by atoms with Crippen LogP contribution in [-0.2, 0) is 19.0 Å². The average Bonchev–Trinajstić information content (AvgIpc) is 2.24. The molecule has 1 unspecified atom stereocenters. The van der Waals surface area contributed by atoms with Gasteiger partial charge in [-0.1, -0.05) is 15.9 Å². The van der Waals surface area contributed by atoms with Crippen molar-refractivity contribution in [2.24, 2.45) is 0 Å². The Morgan fingerprint density at radius 1 is 1.33 bits per heavy atom. The normalized spacial score (nSPS) is 12.5. The van der Waals surface area contributed by atoms with E-state index in [0.29, 0.717) is 25.2 Å². The van der Waals surface area contributed by atoms with E-state index in [1.807, 2.05) is 0 Å². The minimum absolute atomic E-state index is 0.0199. The molecule has 0 aromatic rings. The van der Waals surface area contributed by atoms with Crippen molar-refractivity contribution >= 4 is 21.8 Å². The van der Waals surface area contributed by atoms with Crippen molar-refractivity contribution in [3.05, 3.63) is 0 Å². The number of hydrogen-bond acceptors (Lipinski definition) is 4. The topological polar surface area (TPSA) is 56.8 Å². The van der Waals surface area contributed by atoms with Gasteiger partial charge in [0.15, 0.2) is 0 Å². The third-order valence-electron chi connectivity index (χ3n) is 1.58. The number of halogens is 1. The third-order valence-corrected chi connectivity index (χ3v) is 2.37. The van der Waals surface area contributed by atoms with Crippen molar-refractivity contribution < 1.29 is 19.0 Å². The van der Waals surface area contributed by atoms with Crippen molar-refractivity contribution in [3.63, 3.8) is 0 Å². The molecule has 0 aromatic heterocycles. The molecule has 0 fully saturated rings. The van der Waals surface area contributed by atoms with E-state index in [0.717, 1.165) is 0 Å². The second-order valence-electron chi connectivity index (χ2n) is 2.92. The fraction of sp³-hybridized carbons (Fsp3) is 0.889. The van der Waals surface area contributed by atoms with Crippen molar-refractivity contribution in [2.45, 2.75) is 6.04 Å². The molecule has 0 aromatic carbocycles. The number of alkyl halides is 1. The number of rotatable bonds is 9. The van der Waals surface area contributed by atoms with Gasteiger partial charge in [0.25, 0.3) is 0 Å². The Morgan fingerprint density at radius 2 is 2.07 bits per heavy atom. The van der Waals surface area contributed by atoms with Crippen LogP contribution in [0.15, 0.2) is 0 Å². The second-order valence-corrected chi connectivity index (χ2v) is 3.57. The minimum Gasteiger partial charge on any atom is -0.383 e. The van der Waals surface area contributed by atoms with Crippen LogP contribution in [0.5, 0.6) is 0 Å². The predicted molar refractivity (Wildman–Crippen MR) is 60.3 cm³/mol. The van der Waals surface area contributed by atoms with E-state index >= 15 is 0 Å². The minimum atomic E-state index is -0.146. The van der Waals surface area contributed by atoms with Crippen molar-refractivity contribution in [2.75, 3.05) is 46.0 Å². The van der Waals surface area contributed by atoms with Crippen LogP contribution in [-0.4, -0.2) is 57.9 Å². The Kier molecular flexibility index (Phi) is 10.2. The van der Waals surface area contributed by atoms with Gasteiger partial charge in [-0.05, 0) is 0 Å². The predicted octanol–water partition coefficient (Wildman–Crippen LogP) is 0.176. The number of methoxy groups -OCH3 is 2. The molecule has 0 aliphatic heterocycles. The summed E-state index contributed by atoms with van der Waals surface area (Å²) in [5.74, 6) is -0.146. The number of hydrogen-bond donors (Lipinski definition) is 1. The molecule has 15 heavy (non-hydrogen) atoms. The third kappa shape index (κ3) is 8.80. The highest BCUT2D eigenvalue weighted by Gasteiger charge is 2.10. The molecule has 0 saturated heterocycles. The molecule has 5 nitrogen and oxygen atoms in total. The molecule has 0 saturated carbocycles. The Morgan fingerprint density at radius 3 is 2.60 bits per heavy atom. The van der Waals surface area contributed by atoms with E-state index in [1.165, 1.54) is 0 Å². The molecule has 0 aliphatic rings. The molecule has 1 amide bonds. The van der Waals surface area contributed by atoms with Crippen molar-refractivity contribution in [3.8, 4) is 0 Å². The van der Waals surface area contributed by atoms with Gasteiger partial charge < -0.3 is 19.5 Å². The van der Waals surface area contributed by atoms with Crippen LogP contribution in [0.2, 0.25) is 0 Å². The largest absolute Gasteiger partial charge is 0.383 e. The van der Waals surface area contributed by atoms with Gasteiger partial charge in [-0.3, -0.25) is 4.79 Å². The summed E-state index contributed by atoms with van der Waals surface area (Å²) < 4.78 is 14.8. The molecule has 1 N–H and O–H groups in total. The highest BCUT2D eigenvalue weighted by atomic mass is 79.9. The van der Waals surface area contributed by atoms with Gasteiger partial charge >= 0.3 is 0 Å². The van der Waals surface area contributed by atoms with Crippen LogP contribution >= 0.6 is 15.9 Å². The lowest BCUT2D eigenvalue weighted by Gasteiger charge is -2.14. The lowest BCUT2D eigenvalue weighted by molar-refractivity contribution is -0.127. The Bertz CT molecular complexity index is 168. The first-order valence-electron chi connectivity index (χ1n) is 4.65. The van der Waals surface area contributed by atoms with Crippen molar-refractivity contribution in [1.29, 1.82) is 0 Å². The summed E-state index contributed by atoms with van der Waals surface area (Å²) in [4.78, 5) is 11.3. The lowest BCUT2D eigenvalue weighted by atomic mass is 10.3. The van der Waals surface area contributed by atoms with E-state index < -0.39 is 0 Å². The fourth-order valence-electron chi connectivity index (χ4n) is 0.902. The molecule has 0 aliphatic carbocycles. The maximum absolute atomic E-state index is 11.3. The Labute approximate surface area is 98.6 Å². The van der Waals surface area contributed by atoms with Crippen LogP contribution in [0, 0.1) is 0 Å². The molecule has 0 radical (unpaired) electrons. The summed E-state index contributed by atoms with van der Waals surface area (Å²) in [6.07, 6.45) is 0. The zero-order chi connectivity index (χ0) is 11.5. The monoisotopic (exact) mass is 283 g/mol. The smallest absolute Gasteiger partial charge is 0.246 e. The first-order chi connectivity index (χ1) is 7.24. The second kappa shape index (κ2) is 10.4. The number of ether oxygens (including phenoxy) is 3. The maximum atomic E-state index is 11.3. The molecular formula is C9H18BrNO4. The summed E-state index contributed by atoms with van der Waals surface area (Å²) in [6.45, 7) is 1.45. The van der Waals surface area contributed by atoms with E-state index in [-0.39, 0.29) is 18.6 Å². The van der Waals surface area contributed by atoms with E-state index in [4.69, 9.17) is 14.2 Å². The first kappa shape index (κ1) is 14.8. The average molecular weight is 284 g/mol. The molecule has 6 heteroatoms. The molecule has 0 rings (SSSR count). The summed E-state index contributed by atoms with van der Waals surface area (Å²) in [5, 5.41) is 3.43. The number of carbonyl (C=O) groups is 1. The molecule has 0 heterocycles. The zero-order valence-electron chi connectivity index (χ0n) is 9.12. The van der Waals surface area contributed by atoms with Crippen LogP contribution in [0.1, 0.15) is 0 Å². The molecule has 90 valence electrons. The highest BCUT2D eigenvalue weighted by molar-refractivity contribution is 9.09. The standard InChI is InChI=1S/C9H18BrNO4/c1-13-3-4-15-7-9(12)11-8(5-10)6-14-2/h8H,3-7H2,1-2H3,(H,11,12). The lowest BCUT2D eigenvalue weighted by Crippen LogP contribution is -2.41. The fourth-order valence-corrected chi connectivity index (χ4v) is 1.25. The van der Waals surface area contributed by atoms with Crippen molar-refractivity contribution in [1.82, 2.24) is 5.32 Å². The maximum Gasteiger partial charge on any atom is 0.246 e. The van der Waals surface area contributed by atoms with Gasteiger partial charge in [-0.15, -0.1) is 0 Å². The summed E-state index contributed by atoms with van der Waals surface area (Å²) in [6, 6.07) is -0.0199. The van der Waals surface area contributed by atoms with Crippen LogP contribution < -0.4 is 5.32 Å². The number of nitrogens with one attached hydrogen (secondary N) is 1. The van der Waals surface area contributed by atoms with Gasteiger partial charge in [-0.2, -0.15) is 0 Å². The molecule has 0 bridgehead atoms. The summed E-state index contributed by atoms with van der Waals surface area (Å²) in [7, 11) is 3.18. The van der Waals surface area contributed by atoms with Gasteiger partial charge in [0.2, 0.25) is 5.91 Å². The zero-order valence-corrected chi connectivity index (χ0v) is 10.7. The van der Waals surface area contributed by atoms with E-state index in [9.17, 15) is 4.79 Å². The number of amides is 1. The van der Waals surface area contributed by atoms with E-state index in [1.54, 1.807) is 14.2 Å². The van der Waals surface area contributed by atoms with Crippen LogP contribution in [0.25, 0.3) is 0 Å². The summed E-state index contributed by atoms with van der Waals surface area (Å²) in [5.41, 5.74) is 0. The molecule has 0 spiro atoms. The van der Waals surface area contributed by atoms with Gasteiger partial charge in [0, 0.05) is 19.5 Å². The van der Waals surface area contributed by atoms with Gasteiger partial charge in [0.05, 0.1) is 25.9 Å². The molecule has 1 atom stereocenters. The highest BCUT2D eigenvalue weighted by Crippen LogP contribution is 1.91. The quantitative estimate of drug-likeness (QED) is 0.484. The SMILES string of the molecule is COCCOCC(=O)NC(CBr)COC. The first-order valence-corrected chi connectivity index (χ1v) is 5.77. The van der Waals surface area contributed by atoms with Gasteiger partial charge in [0.1, 0.15) is 6.61 Å². The van der Waals surface area contributed by atoms with E-state index in [2.05, 4.69) is 21.2 Å². The number of carbonyl (C=O) groups excluding carboxylic acids is 1.